The van der Waals surface area contributed by atoms with E-state index < -0.39 is 0 Å². The Morgan fingerprint density at radius 2 is 1.78 bits per heavy atom. The van der Waals surface area contributed by atoms with Gasteiger partial charge in [-0.2, -0.15) is 0 Å². The van der Waals surface area contributed by atoms with Gasteiger partial charge < -0.3 is 4.74 Å². The molecule has 23 heavy (non-hydrogen) atoms. The molecule has 0 spiro atoms. The van der Waals surface area contributed by atoms with Crippen molar-refractivity contribution in [2.45, 2.75) is 6.42 Å². The van der Waals surface area contributed by atoms with Crippen molar-refractivity contribution >= 4 is 17.2 Å². The van der Waals surface area contributed by atoms with E-state index in [-0.39, 0.29) is 5.92 Å². The van der Waals surface area contributed by atoms with Crippen LogP contribution in [0.3, 0.4) is 0 Å². The highest BCUT2D eigenvalue weighted by Crippen LogP contribution is 2.30. The fourth-order valence-corrected chi connectivity index (χ4v) is 2.68. The zero-order valence-electron chi connectivity index (χ0n) is 12.9. The molecule has 3 rings (SSSR count). The van der Waals surface area contributed by atoms with Crippen molar-refractivity contribution in [1.82, 2.24) is 0 Å². The summed E-state index contributed by atoms with van der Waals surface area (Å²) in [4.78, 5) is 0. The summed E-state index contributed by atoms with van der Waals surface area (Å²) in [5.41, 5.74) is 3.41. The first kappa shape index (κ1) is 15.5. The summed E-state index contributed by atoms with van der Waals surface area (Å²) in [6.07, 6.45) is 7.32. The molecule has 0 aromatic heterocycles. The van der Waals surface area contributed by atoms with Gasteiger partial charge in [-0.3, -0.25) is 0 Å². The summed E-state index contributed by atoms with van der Waals surface area (Å²) in [6, 6.07) is 15.8. The molecule has 1 aliphatic carbocycles. The third-order valence-corrected chi connectivity index (χ3v) is 4.07. The van der Waals surface area contributed by atoms with Crippen molar-refractivity contribution in [3.8, 4) is 17.6 Å². The van der Waals surface area contributed by atoms with Crippen LogP contribution >= 0.6 is 11.6 Å². The molecule has 0 heterocycles. The van der Waals surface area contributed by atoms with E-state index in [1.54, 1.807) is 7.11 Å². The fraction of sp³-hybridized carbons (Fsp3) is 0.143. The molecule has 0 saturated heterocycles. The second-order valence-electron chi connectivity index (χ2n) is 5.34. The first-order valence-electron chi connectivity index (χ1n) is 7.54. The second kappa shape index (κ2) is 7.22. The normalized spacial score (nSPS) is 16.3. The Labute approximate surface area is 142 Å². The molecular formula is C21H17ClO. The molecule has 1 aliphatic rings. The minimum Gasteiger partial charge on any atom is -0.497 e. The third-order valence-electron chi connectivity index (χ3n) is 3.82. The van der Waals surface area contributed by atoms with Gasteiger partial charge in [-0.25, -0.2) is 0 Å². The van der Waals surface area contributed by atoms with Crippen molar-refractivity contribution in [2.75, 3.05) is 7.11 Å². The van der Waals surface area contributed by atoms with Gasteiger partial charge in [0.15, 0.2) is 0 Å². The number of allylic oxidation sites excluding steroid dienone is 4. The lowest BCUT2D eigenvalue weighted by molar-refractivity contribution is 0.415. The molecule has 1 unspecified atom stereocenters. The average Bonchev–Trinajstić information content (AvgIpc) is 2.61. The van der Waals surface area contributed by atoms with Crippen LogP contribution in [0.2, 0.25) is 5.02 Å². The highest BCUT2D eigenvalue weighted by Gasteiger charge is 2.14. The minimum absolute atomic E-state index is 0.197. The molecule has 114 valence electrons. The monoisotopic (exact) mass is 320 g/mol. The average molecular weight is 321 g/mol. The van der Waals surface area contributed by atoms with Gasteiger partial charge in [0.1, 0.15) is 5.75 Å². The van der Waals surface area contributed by atoms with Crippen LogP contribution in [-0.2, 0) is 0 Å². The van der Waals surface area contributed by atoms with E-state index in [9.17, 15) is 0 Å². The molecule has 2 aromatic carbocycles. The quantitative estimate of drug-likeness (QED) is 0.677. The number of hydrogen-bond acceptors (Lipinski definition) is 1. The van der Waals surface area contributed by atoms with Crippen molar-refractivity contribution in [2.24, 2.45) is 5.92 Å². The predicted octanol–water partition coefficient (Wildman–Crippen LogP) is 5.36. The van der Waals surface area contributed by atoms with E-state index in [2.05, 4.69) is 42.2 Å². The van der Waals surface area contributed by atoms with Crippen LogP contribution in [0.25, 0.3) is 5.57 Å². The van der Waals surface area contributed by atoms with Crippen LogP contribution in [0, 0.1) is 17.8 Å². The summed E-state index contributed by atoms with van der Waals surface area (Å²) < 4.78 is 5.17. The number of benzene rings is 2. The minimum atomic E-state index is 0.197. The largest absolute Gasteiger partial charge is 0.497 e. The third kappa shape index (κ3) is 3.86. The van der Waals surface area contributed by atoms with E-state index in [1.165, 1.54) is 11.1 Å². The van der Waals surface area contributed by atoms with Crippen LogP contribution in [0.4, 0.5) is 0 Å². The van der Waals surface area contributed by atoms with Crippen molar-refractivity contribution < 1.29 is 4.74 Å². The lowest BCUT2D eigenvalue weighted by Gasteiger charge is -2.17. The zero-order chi connectivity index (χ0) is 16.1. The Kier molecular flexibility index (Phi) is 4.86. The maximum atomic E-state index is 5.98. The van der Waals surface area contributed by atoms with Crippen molar-refractivity contribution in [3.63, 3.8) is 0 Å². The van der Waals surface area contributed by atoms with E-state index in [4.69, 9.17) is 16.3 Å². The van der Waals surface area contributed by atoms with Gasteiger partial charge in [-0.15, -0.1) is 0 Å². The maximum Gasteiger partial charge on any atom is 0.118 e. The number of hydrogen-bond donors (Lipinski definition) is 0. The Balaban J connectivity index is 1.84. The van der Waals surface area contributed by atoms with Crippen LogP contribution in [-0.4, -0.2) is 7.11 Å². The first-order chi connectivity index (χ1) is 11.3. The summed E-state index contributed by atoms with van der Waals surface area (Å²) in [6.45, 7) is 0. The van der Waals surface area contributed by atoms with E-state index >= 15 is 0 Å². The lowest BCUT2D eigenvalue weighted by atomic mass is 9.87. The summed E-state index contributed by atoms with van der Waals surface area (Å²) in [7, 11) is 1.66. The number of methoxy groups -OCH3 is 1. The molecule has 1 nitrogen and oxygen atoms in total. The Morgan fingerprint density at radius 3 is 2.48 bits per heavy atom. The molecule has 0 N–H and O–H groups in total. The Morgan fingerprint density at radius 1 is 1.04 bits per heavy atom. The number of halogens is 1. The topological polar surface area (TPSA) is 9.23 Å². The summed E-state index contributed by atoms with van der Waals surface area (Å²) in [5.74, 6) is 7.71. The first-order valence-corrected chi connectivity index (χ1v) is 7.92. The molecular weight excluding hydrogens is 304 g/mol. The van der Waals surface area contributed by atoms with Gasteiger partial charge in [-0.05, 0) is 54.0 Å². The summed E-state index contributed by atoms with van der Waals surface area (Å²) >= 11 is 5.98. The molecule has 0 aliphatic heterocycles. The van der Waals surface area contributed by atoms with E-state index in [0.29, 0.717) is 0 Å². The molecule has 0 amide bonds. The second-order valence-corrected chi connectivity index (χ2v) is 5.78. The SMILES string of the molecule is COc1ccc(C#CC2CC=CC=C2c2ccc(Cl)cc2)cc1. The smallest absolute Gasteiger partial charge is 0.118 e. The highest BCUT2D eigenvalue weighted by molar-refractivity contribution is 6.30. The molecule has 1 atom stereocenters. The highest BCUT2D eigenvalue weighted by atomic mass is 35.5. The number of rotatable bonds is 2. The summed E-state index contributed by atoms with van der Waals surface area (Å²) in [5, 5.41) is 0.751. The van der Waals surface area contributed by atoms with Gasteiger partial charge in [0.05, 0.1) is 7.11 Å². The van der Waals surface area contributed by atoms with Gasteiger partial charge in [0.2, 0.25) is 0 Å². The molecule has 0 bridgehead atoms. The predicted molar refractivity (Wildman–Crippen MR) is 96.5 cm³/mol. The fourth-order valence-electron chi connectivity index (χ4n) is 2.55. The Hall–Kier alpha value is -2.43. The van der Waals surface area contributed by atoms with Gasteiger partial charge >= 0.3 is 0 Å². The van der Waals surface area contributed by atoms with Crippen molar-refractivity contribution in [3.05, 3.63) is 82.9 Å². The van der Waals surface area contributed by atoms with Gasteiger partial charge in [0.25, 0.3) is 0 Å². The zero-order valence-corrected chi connectivity index (χ0v) is 13.7. The van der Waals surface area contributed by atoms with E-state index in [0.717, 1.165) is 22.8 Å². The number of ether oxygens (including phenoxy) is 1. The molecule has 0 saturated carbocycles. The standard InChI is InChI=1S/C21H17ClO/c1-23-20-14-7-16(8-15-20)6-9-17-4-2-3-5-21(17)18-10-12-19(22)13-11-18/h2-3,5,7-8,10-15,17H,4H2,1H3. The van der Waals surface area contributed by atoms with Gasteiger partial charge in [-0.1, -0.05) is 53.8 Å². The Bertz CT molecular complexity index is 786. The molecule has 0 fully saturated rings. The van der Waals surface area contributed by atoms with Gasteiger partial charge in [0, 0.05) is 16.5 Å². The molecule has 0 radical (unpaired) electrons. The van der Waals surface area contributed by atoms with E-state index in [1.807, 2.05) is 36.4 Å². The van der Waals surface area contributed by atoms with Crippen LogP contribution in [0.1, 0.15) is 17.5 Å². The van der Waals surface area contributed by atoms with Crippen LogP contribution in [0.15, 0.2) is 66.8 Å². The van der Waals surface area contributed by atoms with Crippen LogP contribution < -0.4 is 4.74 Å². The van der Waals surface area contributed by atoms with Crippen molar-refractivity contribution in [1.29, 1.82) is 0 Å². The lowest BCUT2D eigenvalue weighted by Crippen LogP contribution is -2.03. The molecule has 2 heteroatoms. The molecule has 2 aromatic rings. The van der Waals surface area contributed by atoms with Crippen LogP contribution in [0.5, 0.6) is 5.75 Å². The maximum absolute atomic E-state index is 5.98.